The number of anilines is 1. The maximum Gasteiger partial charge on any atom is 0.317 e. The normalized spacial score (nSPS) is 21.4. The van der Waals surface area contributed by atoms with Crippen LogP contribution < -0.4 is 10.2 Å². The Kier molecular flexibility index (Phi) is 4.37. The van der Waals surface area contributed by atoms with Crippen LogP contribution in [0.2, 0.25) is 0 Å². The average molecular weight is 343 g/mol. The Hall–Kier alpha value is -2.08. The van der Waals surface area contributed by atoms with Crippen molar-refractivity contribution < 1.29 is 14.3 Å². The monoisotopic (exact) mass is 343 g/mol. The van der Waals surface area contributed by atoms with E-state index in [1.807, 2.05) is 23.1 Å². The van der Waals surface area contributed by atoms with E-state index in [1.165, 1.54) is 5.56 Å². The number of carbonyl (C=O) groups is 2. The molecule has 134 valence electrons. The molecular weight excluding hydrogens is 318 g/mol. The van der Waals surface area contributed by atoms with Crippen molar-refractivity contribution in [1.82, 2.24) is 10.2 Å². The fourth-order valence-electron chi connectivity index (χ4n) is 4.28. The van der Waals surface area contributed by atoms with Gasteiger partial charge < -0.3 is 19.9 Å². The van der Waals surface area contributed by atoms with Gasteiger partial charge in [0.05, 0.1) is 6.54 Å². The molecule has 6 nitrogen and oxygen atoms in total. The molecule has 6 heteroatoms. The van der Waals surface area contributed by atoms with Gasteiger partial charge in [0.25, 0.3) is 0 Å². The largest absolute Gasteiger partial charge is 0.381 e. The lowest BCUT2D eigenvalue weighted by atomic mass is 9.80. The van der Waals surface area contributed by atoms with E-state index >= 15 is 0 Å². The number of nitrogens with one attached hydrogen (secondary N) is 1. The molecule has 3 amide bonds. The molecule has 0 bridgehead atoms. The summed E-state index contributed by atoms with van der Waals surface area (Å²) in [6.45, 7) is 3.89. The quantitative estimate of drug-likeness (QED) is 0.890. The van der Waals surface area contributed by atoms with Crippen molar-refractivity contribution in [3.8, 4) is 0 Å². The molecular formula is C19H25N3O3. The van der Waals surface area contributed by atoms with Gasteiger partial charge >= 0.3 is 6.03 Å². The number of urea groups is 1. The van der Waals surface area contributed by atoms with E-state index < -0.39 is 0 Å². The summed E-state index contributed by atoms with van der Waals surface area (Å²) in [7, 11) is 0. The number of benzene rings is 1. The number of amides is 3. The topological polar surface area (TPSA) is 61.9 Å². The summed E-state index contributed by atoms with van der Waals surface area (Å²) in [6.07, 6.45) is 3.98. The van der Waals surface area contributed by atoms with Gasteiger partial charge in [-0.1, -0.05) is 18.2 Å². The highest BCUT2D eigenvalue weighted by Gasteiger charge is 2.41. The Morgan fingerprint density at radius 2 is 1.92 bits per heavy atom. The fraction of sp³-hybridized carbons (Fsp3) is 0.579. The second kappa shape index (κ2) is 6.67. The molecule has 0 radical (unpaired) electrons. The molecule has 0 unspecified atom stereocenters. The fourth-order valence-corrected chi connectivity index (χ4v) is 4.28. The molecule has 0 aromatic heterocycles. The molecule has 25 heavy (non-hydrogen) atoms. The van der Waals surface area contributed by atoms with E-state index in [1.54, 1.807) is 4.90 Å². The Balaban J connectivity index is 1.30. The van der Waals surface area contributed by atoms with Crippen LogP contribution >= 0.6 is 0 Å². The van der Waals surface area contributed by atoms with Crippen molar-refractivity contribution in [2.75, 3.05) is 44.3 Å². The number of ether oxygens (including phenoxy) is 1. The zero-order valence-electron chi connectivity index (χ0n) is 14.5. The molecule has 1 aromatic carbocycles. The summed E-state index contributed by atoms with van der Waals surface area (Å²) >= 11 is 0. The Labute approximate surface area is 148 Å². The molecule has 3 aliphatic rings. The zero-order chi connectivity index (χ0) is 17.3. The number of rotatable bonds is 2. The lowest BCUT2D eigenvalue weighted by molar-refractivity contribution is -0.117. The number of nitrogens with zero attached hydrogens (tertiary/aromatic N) is 2. The van der Waals surface area contributed by atoms with Crippen LogP contribution in [-0.4, -0.2) is 56.2 Å². The van der Waals surface area contributed by atoms with Gasteiger partial charge in [0.15, 0.2) is 0 Å². The van der Waals surface area contributed by atoms with Gasteiger partial charge in [-0.3, -0.25) is 4.79 Å². The molecule has 1 aromatic rings. The maximum absolute atomic E-state index is 12.5. The second-order valence-corrected chi connectivity index (χ2v) is 7.37. The van der Waals surface area contributed by atoms with Crippen molar-refractivity contribution in [2.45, 2.75) is 25.7 Å². The number of likely N-dealkylation sites (tertiary alicyclic amines) is 1. The Morgan fingerprint density at radius 1 is 1.12 bits per heavy atom. The Morgan fingerprint density at radius 3 is 2.76 bits per heavy atom. The van der Waals surface area contributed by atoms with Crippen LogP contribution in [0.5, 0.6) is 0 Å². The molecule has 1 spiro atoms. The second-order valence-electron chi connectivity index (χ2n) is 7.37. The van der Waals surface area contributed by atoms with Crippen LogP contribution in [0.4, 0.5) is 10.5 Å². The molecule has 3 aliphatic heterocycles. The molecule has 1 N–H and O–H groups in total. The first-order valence-electron chi connectivity index (χ1n) is 9.16. The summed E-state index contributed by atoms with van der Waals surface area (Å²) < 4.78 is 5.45. The first kappa shape index (κ1) is 16.4. The highest BCUT2D eigenvalue weighted by Crippen LogP contribution is 2.39. The predicted octanol–water partition coefficient (Wildman–Crippen LogP) is 1.79. The number of para-hydroxylation sites is 1. The van der Waals surface area contributed by atoms with Crippen LogP contribution in [0.15, 0.2) is 24.3 Å². The molecule has 2 saturated heterocycles. The van der Waals surface area contributed by atoms with Gasteiger partial charge in [-0.2, -0.15) is 0 Å². The van der Waals surface area contributed by atoms with E-state index in [0.717, 1.165) is 57.7 Å². The third kappa shape index (κ3) is 3.23. The van der Waals surface area contributed by atoms with Crippen molar-refractivity contribution in [3.05, 3.63) is 29.8 Å². The first-order valence-corrected chi connectivity index (χ1v) is 9.16. The molecule has 4 rings (SSSR count). The number of hydrogen-bond acceptors (Lipinski definition) is 3. The first-order chi connectivity index (χ1) is 12.2. The van der Waals surface area contributed by atoms with E-state index in [4.69, 9.17) is 4.74 Å². The lowest BCUT2D eigenvalue weighted by Gasteiger charge is -2.33. The van der Waals surface area contributed by atoms with Gasteiger partial charge in [0, 0.05) is 38.5 Å². The van der Waals surface area contributed by atoms with Crippen LogP contribution in [0.25, 0.3) is 0 Å². The van der Waals surface area contributed by atoms with Gasteiger partial charge in [-0.25, -0.2) is 4.79 Å². The van der Waals surface area contributed by atoms with Crippen LogP contribution in [-0.2, 0) is 16.0 Å². The minimum absolute atomic E-state index is 0.0433. The Bertz CT molecular complexity index is 670. The summed E-state index contributed by atoms with van der Waals surface area (Å²) in [5, 5.41) is 2.82. The van der Waals surface area contributed by atoms with Crippen molar-refractivity contribution in [2.24, 2.45) is 5.41 Å². The van der Waals surface area contributed by atoms with Gasteiger partial charge in [-0.15, -0.1) is 0 Å². The minimum atomic E-state index is -0.121. The number of fused-ring (bicyclic) bond motifs is 1. The average Bonchev–Trinajstić information content (AvgIpc) is 3.25. The number of hydrogen-bond donors (Lipinski definition) is 1. The molecule has 0 atom stereocenters. The third-order valence-electron chi connectivity index (χ3n) is 5.86. The van der Waals surface area contributed by atoms with Crippen molar-refractivity contribution >= 4 is 17.6 Å². The highest BCUT2D eigenvalue weighted by molar-refractivity contribution is 5.98. The van der Waals surface area contributed by atoms with E-state index in [9.17, 15) is 9.59 Å². The van der Waals surface area contributed by atoms with E-state index in [2.05, 4.69) is 11.4 Å². The van der Waals surface area contributed by atoms with E-state index in [0.29, 0.717) is 6.54 Å². The highest BCUT2D eigenvalue weighted by atomic mass is 16.5. The lowest BCUT2D eigenvalue weighted by Crippen LogP contribution is -2.45. The summed E-state index contributed by atoms with van der Waals surface area (Å²) in [5.74, 6) is -0.0433. The van der Waals surface area contributed by atoms with E-state index in [-0.39, 0.29) is 23.9 Å². The molecule has 0 aliphatic carbocycles. The molecule has 3 heterocycles. The van der Waals surface area contributed by atoms with Crippen LogP contribution in [0.3, 0.4) is 0 Å². The standard InChI is InChI=1S/C19H25N3O3/c23-17(22-9-5-15-3-1-2-4-16(15)22)13-20-18(24)21-10-6-19(14-21)7-11-25-12-8-19/h1-4H,5-14H2,(H,20,24). The molecule has 0 saturated carbocycles. The minimum Gasteiger partial charge on any atom is -0.381 e. The van der Waals surface area contributed by atoms with Crippen LogP contribution in [0, 0.1) is 5.41 Å². The zero-order valence-corrected chi connectivity index (χ0v) is 14.5. The summed E-state index contributed by atoms with van der Waals surface area (Å²) in [5.41, 5.74) is 2.40. The third-order valence-corrected chi connectivity index (χ3v) is 5.86. The number of carbonyl (C=O) groups excluding carboxylic acids is 2. The van der Waals surface area contributed by atoms with Crippen molar-refractivity contribution in [3.63, 3.8) is 0 Å². The summed E-state index contributed by atoms with van der Waals surface area (Å²) in [4.78, 5) is 28.6. The predicted molar refractivity (Wildman–Crippen MR) is 94.6 cm³/mol. The summed E-state index contributed by atoms with van der Waals surface area (Å²) in [6, 6.07) is 7.84. The maximum atomic E-state index is 12.5. The SMILES string of the molecule is O=C(NCC(=O)N1CCc2ccccc21)N1CCC2(CCOCC2)C1. The molecule has 2 fully saturated rings. The van der Waals surface area contributed by atoms with Crippen LogP contribution in [0.1, 0.15) is 24.8 Å². The van der Waals surface area contributed by atoms with Crippen molar-refractivity contribution in [1.29, 1.82) is 0 Å². The van der Waals surface area contributed by atoms with Gasteiger partial charge in [0.2, 0.25) is 5.91 Å². The smallest absolute Gasteiger partial charge is 0.317 e. The van der Waals surface area contributed by atoms with Gasteiger partial charge in [0.1, 0.15) is 0 Å². The van der Waals surface area contributed by atoms with Gasteiger partial charge in [-0.05, 0) is 42.7 Å².